The van der Waals surface area contributed by atoms with E-state index in [1.165, 1.54) is 25.9 Å². The zero-order valence-corrected chi connectivity index (χ0v) is 15.2. The summed E-state index contributed by atoms with van der Waals surface area (Å²) in [5.41, 5.74) is 3.15. The van der Waals surface area contributed by atoms with Crippen molar-refractivity contribution in [1.29, 1.82) is 0 Å². The normalized spacial score (nSPS) is 16.0. The third-order valence-corrected chi connectivity index (χ3v) is 5.18. The number of rotatable bonds is 6. The van der Waals surface area contributed by atoms with Crippen LogP contribution in [0.3, 0.4) is 0 Å². The van der Waals surface area contributed by atoms with Gasteiger partial charge in [-0.15, -0.1) is 0 Å². The van der Waals surface area contributed by atoms with Gasteiger partial charge in [-0.3, -0.25) is 0 Å². The highest BCUT2D eigenvalue weighted by molar-refractivity contribution is 5.89. The van der Waals surface area contributed by atoms with E-state index in [0.29, 0.717) is 0 Å². The summed E-state index contributed by atoms with van der Waals surface area (Å²) in [6.45, 7) is 4.16. The predicted molar refractivity (Wildman–Crippen MR) is 106 cm³/mol. The molecule has 0 aliphatic carbocycles. The number of hydrogen-bond donors (Lipinski definition) is 3. The first-order valence-corrected chi connectivity index (χ1v) is 9.31. The number of fused-ring (bicyclic) bond motifs is 1. The standard InChI is InChI=1S/C20H26N6/c1-26-10-6-15(7-11-26)12-24-19-3-2-16(14-25-19)13-23-18-5-9-22-20-17(18)4-8-21-20/h2-5,8-9,14-15H,6-7,10-13H2,1H3,(H,24,25)(H2,21,22,23). The maximum Gasteiger partial charge on any atom is 0.139 e. The van der Waals surface area contributed by atoms with Gasteiger partial charge in [-0.25, -0.2) is 9.97 Å². The minimum Gasteiger partial charge on any atom is -0.380 e. The summed E-state index contributed by atoms with van der Waals surface area (Å²) in [5.74, 6) is 1.72. The van der Waals surface area contributed by atoms with Crippen LogP contribution in [0.1, 0.15) is 18.4 Å². The van der Waals surface area contributed by atoms with E-state index in [4.69, 9.17) is 0 Å². The lowest BCUT2D eigenvalue weighted by molar-refractivity contribution is 0.226. The molecular formula is C20H26N6. The lowest BCUT2D eigenvalue weighted by atomic mass is 9.97. The predicted octanol–water partition coefficient (Wildman–Crippen LogP) is 3.32. The number of anilines is 2. The molecule has 3 aromatic heterocycles. The van der Waals surface area contributed by atoms with Crippen molar-refractivity contribution in [3.63, 3.8) is 0 Å². The molecule has 1 saturated heterocycles. The van der Waals surface area contributed by atoms with Crippen LogP contribution in [0, 0.1) is 5.92 Å². The van der Waals surface area contributed by atoms with Gasteiger partial charge in [-0.2, -0.15) is 0 Å². The fraction of sp³-hybridized carbons (Fsp3) is 0.400. The van der Waals surface area contributed by atoms with E-state index in [1.807, 2.05) is 30.7 Å². The number of likely N-dealkylation sites (tertiary alicyclic amines) is 1. The van der Waals surface area contributed by atoms with Crippen molar-refractivity contribution in [1.82, 2.24) is 19.9 Å². The van der Waals surface area contributed by atoms with Gasteiger partial charge in [0.15, 0.2) is 0 Å². The van der Waals surface area contributed by atoms with Gasteiger partial charge in [-0.05, 0) is 62.7 Å². The number of hydrogen-bond acceptors (Lipinski definition) is 5. The van der Waals surface area contributed by atoms with Crippen molar-refractivity contribution in [3.8, 4) is 0 Å². The fourth-order valence-electron chi connectivity index (χ4n) is 3.46. The third kappa shape index (κ3) is 3.96. The van der Waals surface area contributed by atoms with Gasteiger partial charge in [0, 0.05) is 42.8 Å². The van der Waals surface area contributed by atoms with Gasteiger partial charge in [0.05, 0.1) is 0 Å². The molecule has 6 heteroatoms. The lowest BCUT2D eigenvalue weighted by Crippen LogP contribution is -2.33. The van der Waals surface area contributed by atoms with Crippen molar-refractivity contribution in [3.05, 3.63) is 48.4 Å². The first-order valence-electron chi connectivity index (χ1n) is 9.31. The summed E-state index contributed by atoms with van der Waals surface area (Å²) >= 11 is 0. The second-order valence-electron chi connectivity index (χ2n) is 7.13. The van der Waals surface area contributed by atoms with Crippen molar-refractivity contribution in [2.45, 2.75) is 19.4 Å². The Balaban J connectivity index is 1.29. The Hall–Kier alpha value is -2.60. The quantitative estimate of drug-likeness (QED) is 0.636. The molecule has 6 nitrogen and oxygen atoms in total. The van der Waals surface area contributed by atoms with Crippen molar-refractivity contribution < 1.29 is 0 Å². The maximum atomic E-state index is 4.56. The molecule has 136 valence electrons. The van der Waals surface area contributed by atoms with Crippen LogP contribution in [0.15, 0.2) is 42.9 Å². The van der Waals surface area contributed by atoms with Gasteiger partial charge in [-0.1, -0.05) is 6.07 Å². The third-order valence-electron chi connectivity index (χ3n) is 5.18. The first-order chi connectivity index (χ1) is 12.8. The van der Waals surface area contributed by atoms with E-state index in [9.17, 15) is 0 Å². The van der Waals surface area contributed by atoms with Crippen LogP contribution in [0.2, 0.25) is 0 Å². The minimum absolute atomic E-state index is 0.743. The zero-order chi connectivity index (χ0) is 17.8. The van der Waals surface area contributed by atoms with E-state index in [1.54, 1.807) is 0 Å². The number of H-pyrrole nitrogens is 1. The summed E-state index contributed by atoms with van der Waals surface area (Å²) in [6.07, 6.45) is 8.21. The Morgan fingerprint density at radius 2 is 2.00 bits per heavy atom. The minimum atomic E-state index is 0.743. The van der Waals surface area contributed by atoms with Gasteiger partial charge < -0.3 is 20.5 Å². The van der Waals surface area contributed by atoms with Crippen molar-refractivity contribution in [2.75, 3.05) is 37.3 Å². The van der Waals surface area contributed by atoms with E-state index >= 15 is 0 Å². The molecule has 4 rings (SSSR count). The van der Waals surface area contributed by atoms with Crippen LogP contribution in [-0.2, 0) is 6.54 Å². The average molecular weight is 350 g/mol. The molecule has 4 heterocycles. The van der Waals surface area contributed by atoms with Crippen LogP contribution in [-0.4, -0.2) is 46.5 Å². The molecule has 3 N–H and O–H groups in total. The van der Waals surface area contributed by atoms with Gasteiger partial charge in [0.25, 0.3) is 0 Å². The molecule has 0 aromatic carbocycles. The molecule has 0 atom stereocenters. The Bertz CT molecular complexity index is 833. The lowest BCUT2D eigenvalue weighted by Gasteiger charge is -2.29. The van der Waals surface area contributed by atoms with Gasteiger partial charge >= 0.3 is 0 Å². The Labute approximate surface area is 154 Å². The second kappa shape index (κ2) is 7.74. The summed E-state index contributed by atoms with van der Waals surface area (Å²) in [7, 11) is 2.20. The Morgan fingerprint density at radius 1 is 1.12 bits per heavy atom. The van der Waals surface area contributed by atoms with Crippen LogP contribution >= 0.6 is 0 Å². The summed E-state index contributed by atoms with van der Waals surface area (Å²) in [4.78, 5) is 14.4. The first kappa shape index (κ1) is 16.8. The molecule has 0 amide bonds. The molecule has 3 aromatic rings. The number of pyridine rings is 2. The second-order valence-corrected chi connectivity index (χ2v) is 7.13. The number of aromatic nitrogens is 3. The number of nitrogens with zero attached hydrogens (tertiary/aromatic N) is 3. The molecule has 1 aliphatic heterocycles. The topological polar surface area (TPSA) is 68.9 Å². The number of piperidine rings is 1. The molecule has 0 radical (unpaired) electrons. The van der Waals surface area contributed by atoms with E-state index in [0.717, 1.165) is 47.1 Å². The van der Waals surface area contributed by atoms with Crippen LogP contribution in [0.5, 0.6) is 0 Å². The summed E-state index contributed by atoms with van der Waals surface area (Å²) in [6, 6.07) is 8.25. The average Bonchev–Trinajstić information content (AvgIpc) is 3.16. The molecule has 0 spiro atoms. The maximum absolute atomic E-state index is 4.56. The fourth-order valence-corrected chi connectivity index (χ4v) is 3.46. The smallest absolute Gasteiger partial charge is 0.139 e. The molecule has 0 bridgehead atoms. The molecule has 0 saturated carbocycles. The highest BCUT2D eigenvalue weighted by Gasteiger charge is 2.16. The van der Waals surface area contributed by atoms with E-state index < -0.39 is 0 Å². The highest BCUT2D eigenvalue weighted by atomic mass is 15.1. The number of nitrogens with one attached hydrogen (secondary N) is 3. The summed E-state index contributed by atoms with van der Waals surface area (Å²) < 4.78 is 0. The number of aromatic amines is 1. The van der Waals surface area contributed by atoms with Crippen LogP contribution in [0.4, 0.5) is 11.5 Å². The van der Waals surface area contributed by atoms with E-state index in [2.05, 4.69) is 49.7 Å². The molecule has 26 heavy (non-hydrogen) atoms. The molecule has 1 aliphatic rings. The van der Waals surface area contributed by atoms with E-state index in [-0.39, 0.29) is 0 Å². The molecular weight excluding hydrogens is 324 g/mol. The zero-order valence-electron chi connectivity index (χ0n) is 15.2. The summed E-state index contributed by atoms with van der Waals surface area (Å²) in [5, 5.41) is 8.07. The van der Waals surface area contributed by atoms with Crippen molar-refractivity contribution in [2.24, 2.45) is 5.92 Å². The highest BCUT2D eigenvalue weighted by Crippen LogP contribution is 2.21. The largest absolute Gasteiger partial charge is 0.380 e. The monoisotopic (exact) mass is 350 g/mol. The van der Waals surface area contributed by atoms with Crippen LogP contribution < -0.4 is 10.6 Å². The van der Waals surface area contributed by atoms with Crippen molar-refractivity contribution >= 4 is 22.5 Å². The van der Waals surface area contributed by atoms with Gasteiger partial charge in [0.2, 0.25) is 0 Å². The van der Waals surface area contributed by atoms with Gasteiger partial charge in [0.1, 0.15) is 11.5 Å². The Kier molecular flexibility index (Phi) is 5.02. The Morgan fingerprint density at radius 3 is 2.81 bits per heavy atom. The molecule has 0 unspecified atom stereocenters. The molecule has 1 fully saturated rings. The van der Waals surface area contributed by atoms with Crippen LogP contribution in [0.25, 0.3) is 11.0 Å². The SMILES string of the molecule is CN1CCC(CNc2ccc(CNc3ccnc4[nH]ccc34)cn2)CC1.